The van der Waals surface area contributed by atoms with E-state index in [0.717, 1.165) is 25.8 Å². The smallest absolute Gasteiger partial charge is 0.0824 e. The third kappa shape index (κ3) is 3.11. The lowest BCUT2D eigenvalue weighted by molar-refractivity contribution is 0.0951. The molecule has 3 aliphatic rings. The molecule has 2 unspecified atom stereocenters. The van der Waals surface area contributed by atoms with Crippen molar-refractivity contribution in [1.82, 2.24) is 4.90 Å². The van der Waals surface area contributed by atoms with E-state index >= 15 is 0 Å². The summed E-state index contributed by atoms with van der Waals surface area (Å²) in [4.78, 5) is 2.71. The van der Waals surface area contributed by atoms with Gasteiger partial charge in [-0.3, -0.25) is 4.90 Å². The molecular weight excluding hydrogens is 328 g/mol. The molecule has 2 aromatic carbocycles. The number of nitrogens with zero attached hydrogens (tertiary/aromatic N) is 2. The Labute approximate surface area is 162 Å². The van der Waals surface area contributed by atoms with Crippen molar-refractivity contribution < 1.29 is 0 Å². The SMILES string of the molecule is N#CC1(c2cccc(C3=CC4CCCC(C3)N4Cc3ccccc3)c2)CC1. The Bertz CT molecular complexity index is 901. The van der Waals surface area contributed by atoms with Gasteiger partial charge in [0.15, 0.2) is 0 Å². The molecule has 2 heterocycles. The number of benzene rings is 2. The summed E-state index contributed by atoms with van der Waals surface area (Å²) in [6.45, 7) is 1.05. The number of fused-ring (bicyclic) bond motifs is 2. The minimum Gasteiger partial charge on any atom is -0.289 e. The van der Waals surface area contributed by atoms with E-state index < -0.39 is 0 Å². The van der Waals surface area contributed by atoms with Crippen LogP contribution in [0.4, 0.5) is 0 Å². The summed E-state index contributed by atoms with van der Waals surface area (Å²) in [5.74, 6) is 0. The molecule has 2 atom stereocenters. The quantitative estimate of drug-likeness (QED) is 0.730. The first-order valence-electron chi connectivity index (χ1n) is 10.3. The Hall–Kier alpha value is -2.37. The van der Waals surface area contributed by atoms with Crippen LogP contribution in [0.15, 0.2) is 60.7 Å². The van der Waals surface area contributed by atoms with Crippen LogP contribution in [-0.4, -0.2) is 17.0 Å². The van der Waals surface area contributed by atoms with Gasteiger partial charge >= 0.3 is 0 Å². The normalized spacial score (nSPS) is 26.1. The molecular formula is C25H26N2. The van der Waals surface area contributed by atoms with Crippen LogP contribution in [-0.2, 0) is 12.0 Å². The summed E-state index contributed by atoms with van der Waals surface area (Å²) in [7, 11) is 0. The van der Waals surface area contributed by atoms with E-state index in [-0.39, 0.29) is 5.41 Å². The monoisotopic (exact) mass is 354 g/mol. The molecule has 1 aliphatic carbocycles. The zero-order valence-corrected chi connectivity index (χ0v) is 15.8. The van der Waals surface area contributed by atoms with E-state index in [1.54, 1.807) is 0 Å². The maximum Gasteiger partial charge on any atom is 0.0824 e. The van der Waals surface area contributed by atoms with Gasteiger partial charge in [0.2, 0.25) is 0 Å². The predicted molar refractivity (Wildman–Crippen MR) is 109 cm³/mol. The number of hydrogen-bond donors (Lipinski definition) is 0. The van der Waals surface area contributed by atoms with Gasteiger partial charge in [0.1, 0.15) is 0 Å². The van der Waals surface area contributed by atoms with Crippen molar-refractivity contribution in [1.29, 1.82) is 5.26 Å². The Morgan fingerprint density at radius 2 is 1.89 bits per heavy atom. The van der Waals surface area contributed by atoms with E-state index in [9.17, 15) is 5.26 Å². The number of nitriles is 1. The Morgan fingerprint density at radius 3 is 2.63 bits per heavy atom. The molecule has 2 aromatic rings. The summed E-state index contributed by atoms with van der Waals surface area (Å²) >= 11 is 0. The lowest BCUT2D eigenvalue weighted by Crippen LogP contribution is -2.47. The fourth-order valence-corrected chi connectivity index (χ4v) is 4.98. The summed E-state index contributed by atoms with van der Waals surface area (Å²) in [6.07, 6.45) is 9.57. The zero-order chi connectivity index (χ0) is 18.3. The van der Waals surface area contributed by atoms with Crippen molar-refractivity contribution in [3.63, 3.8) is 0 Å². The van der Waals surface area contributed by atoms with E-state index in [0.29, 0.717) is 12.1 Å². The highest BCUT2D eigenvalue weighted by molar-refractivity contribution is 5.69. The molecule has 0 radical (unpaired) electrons. The largest absolute Gasteiger partial charge is 0.289 e. The van der Waals surface area contributed by atoms with Crippen LogP contribution in [0.3, 0.4) is 0 Å². The zero-order valence-electron chi connectivity index (χ0n) is 15.8. The van der Waals surface area contributed by atoms with Crippen molar-refractivity contribution >= 4 is 5.57 Å². The van der Waals surface area contributed by atoms with Crippen LogP contribution in [0.2, 0.25) is 0 Å². The van der Waals surface area contributed by atoms with Crippen molar-refractivity contribution in [2.24, 2.45) is 0 Å². The van der Waals surface area contributed by atoms with E-state index in [2.05, 4.69) is 71.6 Å². The van der Waals surface area contributed by atoms with Gasteiger partial charge in [-0.2, -0.15) is 5.26 Å². The first kappa shape index (κ1) is 16.8. The topological polar surface area (TPSA) is 27.0 Å². The fourth-order valence-electron chi connectivity index (χ4n) is 4.98. The number of piperidine rings is 1. The summed E-state index contributed by atoms with van der Waals surface area (Å²) in [5.41, 5.74) is 5.27. The molecule has 0 amide bonds. The number of hydrogen-bond acceptors (Lipinski definition) is 2. The second-order valence-electron chi connectivity index (χ2n) is 8.48. The van der Waals surface area contributed by atoms with Gasteiger partial charge in [-0.15, -0.1) is 0 Å². The second kappa shape index (κ2) is 6.66. The Kier molecular flexibility index (Phi) is 4.14. The lowest BCUT2D eigenvalue weighted by atomic mass is 9.81. The maximum absolute atomic E-state index is 9.55. The first-order chi connectivity index (χ1) is 13.3. The fraction of sp³-hybridized carbons (Fsp3) is 0.400. The molecule has 136 valence electrons. The van der Waals surface area contributed by atoms with Gasteiger partial charge < -0.3 is 0 Å². The van der Waals surface area contributed by atoms with Crippen LogP contribution in [0.5, 0.6) is 0 Å². The molecule has 0 N–H and O–H groups in total. The van der Waals surface area contributed by atoms with Crippen LogP contribution in [0, 0.1) is 11.3 Å². The lowest BCUT2D eigenvalue weighted by Gasteiger charge is -2.45. The molecule has 5 rings (SSSR count). The molecule has 1 saturated carbocycles. The van der Waals surface area contributed by atoms with Gasteiger partial charge in [-0.25, -0.2) is 0 Å². The van der Waals surface area contributed by atoms with E-state index in [4.69, 9.17) is 0 Å². The van der Waals surface area contributed by atoms with Crippen LogP contribution in [0.25, 0.3) is 5.57 Å². The summed E-state index contributed by atoms with van der Waals surface area (Å²) < 4.78 is 0. The van der Waals surface area contributed by atoms with Crippen LogP contribution >= 0.6 is 0 Å². The van der Waals surface area contributed by atoms with Crippen molar-refractivity contribution in [2.45, 2.75) is 62.6 Å². The molecule has 1 saturated heterocycles. The standard InChI is InChI=1S/C25H26N2/c26-18-25(12-13-25)22-9-4-8-20(14-22)21-15-23-10-5-11-24(16-21)27(23)17-19-6-2-1-3-7-19/h1-4,6-9,14-15,23-24H,5,10-13,16-17H2. The second-order valence-corrected chi connectivity index (χ2v) is 8.48. The molecule has 2 bridgehead atoms. The molecule has 0 spiro atoms. The van der Waals surface area contributed by atoms with Gasteiger partial charge in [-0.1, -0.05) is 61.0 Å². The minimum absolute atomic E-state index is 0.194. The molecule has 27 heavy (non-hydrogen) atoms. The molecule has 2 aliphatic heterocycles. The molecule has 2 fully saturated rings. The number of rotatable bonds is 4. The third-order valence-electron chi connectivity index (χ3n) is 6.74. The Morgan fingerprint density at radius 1 is 1.04 bits per heavy atom. The first-order valence-corrected chi connectivity index (χ1v) is 10.3. The average molecular weight is 354 g/mol. The highest BCUT2D eigenvalue weighted by Crippen LogP contribution is 2.48. The molecule has 2 heteroatoms. The predicted octanol–water partition coefficient (Wildman–Crippen LogP) is 5.45. The van der Waals surface area contributed by atoms with E-state index in [1.807, 2.05) is 0 Å². The van der Waals surface area contributed by atoms with Gasteiger partial charge in [0.25, 0.3) is 0 Å². The van der Waals surface area contributed by atoms with Crippen molar-refractivity contribution in [2.75, 3.05) is 0 Å². The summed E-state index contributed by atoms with van der Waals surface area (Å²) in [6, 6.07) is 23.4. The molecule has 2 nitrogen and oxygen atoms in total. The highest BCUT2D eigenvalue weighted by Gasteiger charge is 2.45. The van der Waals surface area contributed by atoms with Gasteiger partial charge in [0, 0.05) is 18.6 Å². The van der Waals surface area contributed by atoms with E-state index in [1.165, 1.54) is 41.5 Å². The maximum atomic E-state index is 9.55. The average Bonchev–Trinajstić information content (AvgIpc) is 3.50. The summed E-state index contributed by atoms with van der Waals surface area (Å²) in [5, 5.41) is 9.55. The molecule has 0 aromatic heterocycles. The minimum atomic E-state index is -0.194. The Balaban J connectivity index is 1.42. The third-order valence-corrected chi connectivity index (χ3v) is 6.74. The van der Waals surface area contributed by atoms with Crippen LogP contribution < -0.4 is 0 Å². The van der Waals surface area contributed by atoms with Crippen molar-refractivity contribution in [3.05, 3.63) is 77.4 Å². The van der Waals surface area contributed by atoms with Gasteiger partial charge in [-0.05, 0) is 60.4 Å². The van der Waals surface area contributed by atoms with Crippen molar-refractivity contribution in [3.8, 4) is 6.07 Å². The highest BCUT2D eigenvalue weighted by atomic mass is 15.2. The van der Waals surface area contributed by atoms with Crippen LogP contribution in [0.1, 0.15) is 55.2 Å². The van der Waals surface area contributed by atoms with Gasteiger partial charge in [0.05, 0.1) is 11.5 Å².